The second-order valence-corrected chi connectivity index (χ2v) is 8.90. The van der Waals surface area contributed by atoms with Crippen molar-refractivity contribution in [1.82, 2.24) is 4.90 Å². The SMILES string of the molecule is COCCCN1C(=O)C(Nc2ccc(OC(C)C)cc2)=C(c2ccc(OCC(C)C)cc2)C1=O. The van der Waals surface area contributed by atoms with Crippen molar-refractivity contribution in [2.75, 3.05) is 32.2 Å². The van der Waals surface area contributed by atoms with Crippen LogP contribution >= 0.6 is 0 Å². The van der Waals surface area contributed by atoms with Gasteiger partial charge in [-0.1, -0.05) is 26.0 Å². The lowest BCUT2D eigenvalue weighted by Gasteiger charge is -2.15. The number of ether oxygens (including phenoxy) is 3. The molecule has 1 heterocycles. The maximum atomic E-state index is 13.3. The molecule has 0 saturated carbocycles. The molecule has 2 aromatic carbocycles. The number of carbonyl (C=O) groups is 2. The normalized spacial score (nSPS) is 13.9. The summed E-state index contributed by atoms with van der Waals surface area (Å²) in [5, 5.41) is 3.17. The van der Waals surface area contributed by atoms with Gasteiger partial charge in [0, 0.05) is 25.9 Å². The molecule has 0 atom stereocenters. The zero-order valence-electron chi connectivity index (χ0n) is 20.6. The molecule has 3 rings (SSSR count). The third kappa shape index (κ3) is 6.38. The summed E-state index contributed by atoms with van der Waals surface area (Å²) in [5.74, 6) is 1.20. The third-order valence-corrected chi connectivity index (χ3v) is 5.12. The third-order valence-electron chi connectivity index (χ3n) is 5.12. The van der Waals surface area contributed by atoms with Crippen molar-refractivity contribution in [3.8, 4) is 11.5 Å². The van der Waals surface area contributed by atoms with Crippen molar-refractivity contribution >= 4 is 23.1 Å². The summed E-state index contributed by atoms with van der Waals surface area (Å²) in [6.45, 7) is 9.45. The first-order chi connectivity index (χ1) is 16.3. The molecule has 0 fully saturated rings. The van der Waals surface area contributed by atoms with Crippen LogP contribution < -0.4 is 14.8 Å². The molecule has 34 heavy (non-hydrogen) atoms. The van der Waals surface area contributed by atoms with Crippen molar-refractivity contribution in [3.63, 3.8) is 0 Å². The fourth-order valence-electron chi connectivity index (χ4n) is 3.54. The number of benzene rings is 2. The fraction of sp³-hybridized carbons (Fsp3) is 0.407. The first-order valence-corrected chi connectivity index (χ1v) is 11.7. The largest absolute Gasteiger partial charge is 0.493 e. The van der Waals surface area contributed by atoms with Gasteiger partial charge in [-0.3, -0.25) is 14.5 Å². The second-order valence-electron chi connectivity index (χ2n) is 8.90. The molecule has 0 saturated heterocycles. The van der Waals surface area contributed by atoms with E-state index in [0.29, 0.717) is 42.4 Å². The van der Waals surface area contributed by atoms with E-state index in [-0.39, 0.29) is 30.2 Å². The van der Waals surface area contributed by atoms with Gasteiger partial charge in [-0.25, -0.2) is 0 Å². The van der Waals surface area contributed by atoms with Gasteiger partial charge in [0.2, 0.25) is 0 Å². The van der Waals surface area contributed by atoms with Crippen LogP contribution in [0.4, 0.5) is 5.69 Å². The van der Waals surface area contributed by atoms with Gasteiger partial charge in [0.05, 0.1) is 18.3 Å². The van der Waals surface area contributed by atoms with Gasteiger partial charge in [-0.15, -0.1) is 0 Å². The highest BCUT2D eigenvalue weighted by atomic mass is 16.5. The van der Waals surface area contributed by atoms with Gasteiger partial charge < -0.3 is 19.5 Å². The second kappa shape index (κ2) is 11.7. The Kier molecular flexibility index (Phi) is 8.71. The zero-order valence-corrected chi connectivity index (χ0v) is 20.6. The van der Waals surface area contributed by atoms with E-state index in [9.17, 15) is 9.59 Å². The molecule has 0 spiro atoms. The van der Waals surface area contributed by atoms with Crippen molar-refractivity contribution < 1.29 is 23.8 Å². The minimum atomic E-state index is -0.348. The number of nitrogens with zero attached hydrogens (tertiary/aromatic N) is 1. The number of methoxy groups -OCH3 is 1. The van der Waals surface area contributed by atoms with Crippen LogP contribution in [0.3, 0.4) is 0 Å². The van der Waals surface area contributed by atoms with Gasteiger partial charge in [-0.2, -0.15) is 0 Å². The Balaban J connectivity index is 1.89. The molecule has 2 aromatic rings. The van der Waals surface area contributed by atoms with Gasteiger partial charge in [-0.05, 0) is 68.1 Å². The monoisotopic (exact) mass is 466 g/mol. The van der Waals surface area contributed by atoms with E-state index in [2.05, 4.69) is 19.2 Å². The van der Waals surface area contributed by atoms with Crippen LogP contribution in [-0.2, 0) is 14.3 Å². The van der Waals surface area contributed by atoms with Crippen LogP contribution in [0.5, 0.6) is 11.5 Å². The first-order valence-electron chi connectivity index (χ1n) is 11.7. The van der Waals surface area contributed by atoms with E-state index in [1.54, 1.807) is 7.11 Å². The standard InChI is InChI=1S/C27H34N2O5/c1-18(2)17-33-22-11-7-20(8-12-22)24-25(27(31)29(26(24)30)15-6-16-32-5)28-21-9-13-23(14-10-21)34-19(3)4/h7-14,18-19,28H,6,15-17H2,1-5H3. The smallest absolute Gasteiger partial charge is 0.278 e. The Bertz CT molecular complexity index is 1010. The van der Waals surface area contributed by atoms with E-state index >= 15 is 0 Å². The molecule has 182 valence electrons. The molecule has 0 radical (unpaired) electrons. The Morgan fingerprint density at radius 3 is 2.12 bits per heavy atom. The van der Waals surface area contributed by atoms with Crippen molar-refractivity contribution in [1.29, 1.82) is 0 Å². The van der Waals surface area contributed by atoms with Gasteiger partial charge in [0.15, 0.2) is 0 Å². The van der Waals surface area contributed by atoms with Crippen molar-refractivity contribution in [2.24, 2.45) is 5.92 Å². The number of nitrogens with one attached hydrogen (secondary N) is 1. The molecular formula is C27H34N2O5. The number of amides is 2. The Hall–Kier alpha value is -3.32. The summed E-state index contributed by atoms with van der Waals surface area (Å²) in [6, 6.07) is 14.6. The predicted octanol–water partition coefficient (Wildman–Crippen LogP) is 4.74. The molecule has 7 heteroatoms. The molecule has 0 bridgehead atoms. The van der Waals surface area contributed by atoms with E-state index in [1.807, 2.05) is 62.4 Å². The van der Waals surface area contributed by atoms with Crippen LogP contribution in [0.15, 0.2) is 54.2 Å². The molecular weight excluding hydrogens is 432 g/mol. The van der Waals surface area contributed by atoms with E-state index in [1.165, 1.54) is 4.90 Å². The molecule has 0 unspecified atom stereocenters. The Morgan fingerprint density at radius 1 is 0.882 bits per heavy atom. The van der Waals surface area contributed by atoms with Gasteiger partial charge in [0.1, 0.15) is 17.2 Å². The molecule has 1 aliphatic heterocycles. The van der Waals surface area contributed by atoms with Crippen LogP contribution in [0.1, 0.15) is 39.7 Å². The van der Waals surface area contributed by atoms with E-state index in [4.69, 9.17) is 14.2 Å². The topological polar surface area (TPSA) is 77.1 Å². The highest BCUT2D eigenvalue weighted by molar-refractivity contribution is 6.36. The van der Waals surface area contributed by atoms with E-state index in [0.717, 1.165) is 11.5 Å². The van der Waals surface area contributed by atoms with Gasteiger partial charge >= 0.3 is 0 Å². The fourth-order valence-corrected chi connectivity index (χ4v) is 3.54. The average Bonchev–Trinajstić information content (AvgIpc) is 3.03. The number of carbonyl (C=O) groups excluding carboxylic acids is 2. The maximum Gasteiger partial charge on any atom is 0.278 e. The number of hydrogen-bond acceptors (Lipinski definition) is 6. The van der Waals surface area contributed by atoms with Crippen LogP contribution in [0.25, 0.3) is 5.57 Å². The molecule has 0 aliphatic carbocycles. The van der Waals surface area contributed by atoms with E-state index < -0.39 is 0 Å². The summed E-state index contributed by atoms with van der Waals surface area (Å²) in [7, 11) is 1.60. The number of imide groups is 1. The summed E-state index contributed by atoms with van der Waals surface area (Å²) >= 11 is 0. The Morgan fingerprint density at radius 2 is 1.53 bits per heavy atom. The number of rotatable bonds is 12. The Labute approximate surface area is 201 Å². The van der Waals surface area contributed by atoms with Crippen LogP contribution in [-0.4, -0.2) is 49.7 Å². The van der Waals surface area contributed by atoms with Gasteiger partial charge in [0.25, 0.3) is 11.8 Å². The van der Waals surface area contributed by atoms with Crippen molar-refractivity contribution in [3.05, 3.63) is 59.8 Å². The molecule has 0 aromatic heterocycles. The zero-order chi connectivity index (χ0) is 24.7. The summed E-state index contributed by atoms with van der Waals surface area (Å²) in [4.78, 5) is 27.8. The molecule has 2 amide bonds. The van der Waals surface area contributed by atoms with Crippen LogP contribution in [0, 0.1) is 5.92 Å². The lowest BCUT2D eigenvalue weighted by atomic mass is 10.0. The number of anilines is 1. The quantitative estimate of drug-likeness (QED) is 0.360. The van der Waals surface area contributed by atoms with Crippen LogP contribution in [0.2, 0.25) is 0 Å². The maximum absolute atomic E-state index is 13.3. The minimum absolute atomic E-state index is 0.0651. The average molecular weight is 467 g/mol. The lowest BCUT2D eigenvalue weighted by molar-refractivity contribution is -0.137. The minimum Gasteiger partial charge on any atom is -0.493 e. The molecule has 7 nitrogen and oxygen atoms in total. The summed E-state index contributed by atoms with van der Waals surface area (Å²) < 4.78 is 16.5. The summed E-state index contributed by atoms with van der Waals surface area (Å²) in [6.07, 6.45) is 0.632. The predicted molar refractivity (Wildman–Crippen MR) is 133 cm³/mol. The first kappa shape index (κ1) is 25.3. The molecule has 1 N–H and O–H groups in total. The summed E-state index contributed by atoms with van der Waals surface area (Å²) in [5.41, 5.74) is 1.96. The van der Waals surface area contributed by atoms with Crippen molar-refractivity contribution in [2.45, 2.75) is 40.2 Å². The number of hydrogen-bond donors (Lipinski definition) is 1. The lowest BCUT2D eigenvalue weighted by Crippen LogP contribution is -2.33. The highest BCUT2D eigenvalue weighted by Crippen LogP contribution is 2.32. The highest BCUT2D eigenvalue weighted by Gasteiger charge is 2.38. The molecule has 1 aliphatic rings.